The zero-order chi connectivity index (χ0) is 11.7. The molecule has 3 nitrogen and oxygen atoms in total. The summed E-state index contributed by atoms with van der Waals surface area (Å²) in [5.41, 5.74) is -0.859. The Bertz CT molecular complexity index is 296. The molecule has 0 aromatic heterocycles. The van der Waals surface area contributed by atoms with Crippen LogP contribution < -0.4 is 0 Å². The highest BCUT2D eigenvalue weighted by Gasteiger charge is 2.46. The van der Waals surface area contributed by atoms with Crippen molar-refractivity contribution in [2.24, 2.45) is 10.8 Å². The van der Waals surface area contributed by atoms with Gasteiger partial charge in [0.2, 0.25) is 0 Å². The van der Waals surface area contributed by atoms with E-state index in [0.717, 1.165) is 0 Å². The van der Waals surface area contributed by atoms with Gasteiger partial charge in [0, 0.05) is 19.4 Å². The molecule has 0 bridgehead atoms. The van der Waals surface area contributed by atoms with E-state index in [1.54, 1.807) is 0 Å². The number of nitrogens with zero attached hydrogens (tertiary/aromatic N) is 1. The molecule has 84 valence electrons. The van der Waals surface area contributed by atoms with E-state index >= 15 is 0 Å². The van der Waals surface area contributed by atoms with Crippen LogP contribution in [0.1, 0.15) is 20.8 Å². The van der Waals surface area contributed by atoms with Gasteiger partial charge < -0.3 is 9.64 Å². The molecular weight excluding hydrogens is 190 g/mol. The first kappa shape index (κ1) is 11.8. The molecular formula is C12H19NO2. The summed E-state index contributed by atoms with van der Waals surface area (Å²) in [5, 5.41) is 0. The molecule has 1 aliphatic rings. The topological polar surface area (TPSA) is 29.5 Å². The van der Waals surface area contributed by atoms with Gasteiger partial charge in [-0.15, -0.1) is 0 Å². The third-order valence-electron chi connectivity index (χ3n) is 2.91. The first-order valence-corrected chi connectivity index (χ1v) is 5.02. The van der Waals surface area contributed by atoms with Gasteiger partial charge in [0.25, 0.3) is 0 Å². The Balaban J connectivity index is 3.16. The molecule has 0 spiro atoms. The number of carbonyl (C=O) groups excluding carboxylic acids is 1. The van der Waals surface area contributed by atoms with Crippen LogP contribution in [0.4, 0.5) is 0 Å². The van der Waals surface area contributed by atoms with Gasteiger partial charge in [-0.05, 0) is 17.6 Å². The summed E-state index contributed by atoms with van der Waals surface area (Å²) in [6.07, 6.45) is 7.59. The minimum atomic E-state index is -0.658. The predicted octanol–water partition coefficient (Wildman–Crippen LogP) is 2.16. The van der Waals surface area contributed by atoms with Crippen LogP contribution in [-0.4, -0.2) is 25.0 Å². The van der Waals surface area contributed by atoms with Gasteiger partial charge in [0.1, 0.15) is 5.41 Å². The van der Waals surface area contributed by atoms with Crippen molar-refractivity contribution >= 4 is 5.97 Å². The molecule has 0 aromatic rings. The van der Waals surface area contributed by atoms with E-state index in [1.165, 1.54) is 7.11 Å². The van der Waals surface area contributed by atoms with E-state index in [4.69, 9.17) is 4.74 Å². The Morgan fingerprint density at radius 2 is 1.73 bits per heavy atom. The highest BCUT2D eigenvalue weighted by Crippen LogP contribution is 2.43. The maximum absolute atomic E-state index is 11.9. The van der Waals surface area contributed by atoms with E-state index in [1.807, 2.05) is 57.3 Å². The van der Waals surface area contributed by atoms with E-state index in [2.05, 4.69) is 0 Å². The van der Waals surface area contributed by atoms with Gasteiger partial charge in [0.15, 0.2) is 0 Å². The molecule has 15 heavy (non-hydrogen) atoms. The number of methoxy groups -OCH3 is 1. The lowest BCUT2D eigenvalue weighted by Gasteiger charge is -2.39. The van der Waals surface area contributed by atoms with Crippen molar-refractivity contribution in [3.8, 4) is 0 Å². The van der Waals surface area contributed by atoms with Gasteiger partial charge in [-0.2, -0.15) is 0 Å². The highest BCUT2D eigenvalue weighted by atomic mass is 16.5. The average Bonchev–Trinajstić information content (AvgIpc) is 2.16. The van der Waals surface area contributed by atoms with Crippen molar-refractivity contribution in [3.05, 3.63) is 24.6 Å². The molecule has 0 aliphatic carbocycles. The normalized spacial score (nSPS) is 19.1. The summed E-state index contributed by atoms with van der Waals surface area (Å²) in [6, 6.07) is 0. The lowest BCUT2D eigenvalue weighted by atomic mass is 9.66. The molecule has 0 radical (unpaired) electrons. The highest BCUT2D eigenvalue weighted by molar-refractivity contribution is 5.82. The lowest BCUT2D eigenvalue weighted by Crippen LogP contribution is -2.42. The number of carbonyl (C=O) groups is 1. The summed E-state index contributed by atoms with van der Waals surface area (Å²) >= 11 is 0. The Kier molecular flexibility index (Phi) is 2.93. The van der Waals surface area contributed by atoms with Gasteiger partial charge in [-0.25, -0.2) is 0 Å². The standard InChI is InChI=1S/C12H19NO2/c1-11(2,3)12(10(14)15-5)6-8-13(4)9-7-12/h6-9H,1-5H3. The summed E-state index contributed by atoms with van der Waals surface area (Å²) in [6.45, 7) is 6.10. The largest absolute Gasteiger partial charge is 0.468 e. The Hall–Kier alpha value is -1.25. The lowest BCUT2D eigenvalue weighted by molar-refractivity contribution is -0.152. The van der Waals surface area contributed by atoms with Gasteiger partial charge in [-0.3, -0.25) is 4.79 Å². The molecule has 0 aromatic carbocycles. The van der Waals surface area contributed by atoms with Crippen LogP contribution in [0.5, 0.6) is 0 Å². The predicted molar refractivity (Wildman–Crippen MR) is 59.9 cm³/mol. The first-order chi connectivity index (χ1) is 6.83. The first-order valence-electron chi connectivity index (χ1n) is 5.02. The number of hydrogen-bond acceptors (Lipinski definition) is 3. The van der Waals surface area contributed by atoms with Crippen molar-refractivity contribution in [2.75, 3.05) is 14.2 Å². The fourth-order valence-corrected chi connectivity index (χ4v) is 1.69. The number of rotatable bonds is 1. The molecule has 1 aliphatic heterocycles. The average molecular weight is 209 g/mol. The summed E-state index contributed by atoms with van der Waals surface area (Å²) in [5.74, 6) is -0.212. The molecule has 0 amide bonds. The summed E-state index contributed by atoms with van der Waals surface area (Å²) in [4.78, 5) is 13.8. The zero-order valence-corrected chi connectivity index (χ0v) is 10.1. The molecule has 0 fully saturated rings. The second kappa shape index (κ2) is 3.72. The van der Waals surface area contributed by atoms with E-state index in [0.29, 0.717) is 0 Å². The maximum atomic E-state index is 11.9. The van der Waals surface area contributed by atoms with Gasteiger partial charge >= 0.3 is 5.97 Å². The summed E-state index contributed by atoms with van der Waals surface area (Å²) < 4.78 is 4.89. The Labute approximate surface area is 91.4 Å². The molecule has 1 rings (SSSR count). The molecule has 0 unspecified atom stereocenters. The van der Waals surface area contributed by atoms with Crippen molar-refractivity contribution in [3.63, 3.8) is 0 Å². The van der Waals surface area contributed by atoms with Crippen molar-refractivity contribution in [2.45, 2.75) is 20.8 Å². The number of esters is 1. The van der Waals surface area contributed by atoms with Crippen LogP contribution in [0.2, 0.25) is 0 Å². The van der Waals surface area contributed by atoms with Crippen LogP contribution in [-0.2, 0) is 9.53 Å². The number of ether oxygens (including phenoxy) is 1. The van der Waals surface area contributed by atoms with Crippen molar-refractivity contribution in [1.82, 2.24) is 4.90 Å². The molecule has 0 saturated carbocycles. The van der Waals surface area contributed by atoms with Gasteiger partial charge in [-0.1, -0.05) is 20.8 Å². The fraction of sp³-hybridized carbons (Fsp3) is 0.583. The third-order valence-corrected chi connectivity index (χ3v) is 2.91. The maximum Gasteiger partial charge on any atom is 0.320 e. The minimum absolute atomic E-state index is 0.200. The summed E-state index contributed by atoms with van der Waals surface area (Å²) in [7, 11) is 3.35. The van der Waals surface area contributed by atoms with E-state index in [-0.39, 0.29) is 11.4 Å². The Morgan fingerprint density at radius 1 is 1.27 bits per heavy atom. The molecule has 3 heteroatoms. The van der Waals surface area contributed by atoms with Crippen LogP contribution in [0.25, 0.3) is 0 Å². The zero-order valence-electron chi connectivity index (χ0n) is 10.1. The fourth-order valence-electron chi connectivity index (χ4n) is 1.69. The second-order valence-electron chi connectivity index (χ2n) is 4.91. The molecule has 0 saturated heterocycles. The monoisotopic (exact) mass is 209 g/mol. The quantitative estimate of drug-likeness (QED) is 0.620. The van der Waals surface area contributed by atoms with Crippen LogP contribution in [0.15, 0.2) is 24.6 Å². The second-order valence-corrected chi connectivity index (χ2v) is 4.91. The SMILES string of the molecule is COC(=O)C1(C(C)(C)C)C=CN(C)C=C1. The van der Waals surface area contributed by atoms with Gasteiger partial charge in [0.05, 0.1) is 7.11 Å². The van der Waals surface area contributed by atoms with E-state index in [9.17, 15) is 4.79 Å². The molecule has 0 atom stereocenters. The van der Waals surface area contributed by atoms with Crippen LogP contribution in [0.3, 0.4) is 0 Å². The minimum Gasteiger partial charge on any atom is -0.468 e. The van der Waals surface area contributed by atoms with E-state index < -0.39 is 5.41 Å². The van der Waals surface area contributed by atoms with Crippen molar-refractivity contribution < 1.29 is 9.53 Å². The van der Waals surface area contributed by atoms with Crippen molar-refractivity contribution in [1.29, 1.82) is 0 Å². The van der Waals surface area contributed by atoms with Crippen LogP contribution in [0, 0.1) is 10.8 Å². The molecule has 1 heterocycles. The third kappa shape index (κ3) is 1.91. The smallest absolute Gasteiger partial charge is 0.320 e. The molecule has 0 N–H and O–H groups in total. The van der Waals surface area contributed by atoms with Crippen LogP contribution >= 0.6 is 0 Å². The Morgan fingerprint density at radius 3 is 2.07 bits per heavy atom. The number of hydrogen-bond donors (Lipinski definition) is 0.